The lowest BCUT2D eigenvalue weighted by molar-refractivity contribution is 0.123. The van der Waals surface area contributed by atoms with E-state index in [0.717, 1.165) is 32.0 Å². The van der Waals surface area contributed by atoms with Crippen LogP contribution in [0.15, 0.2) is 30.3 Å². The molecule has 0 saturated heterocycles. The van der Waals surface area contributed by atoms with Crippen LogP contribution in [0.2, 0.25) is 0 Å². The molecule has 0 spiro atoms. The zero-order valence-corrected chi connectivity index (χ0v) is 9.67. The van der Waals surface area contributed by atoms with Gasteiger partial charge in [-0.05, 0) is 18.5 Å². The molecule has 0 fully saturated rings. The van der Waals surface area contributed by atoms with Gasteiger partial charge in [0.15, 0.2) is 0 Å². The molecule has 0 atom stereocenters. The van der Waals surface area contributed by atoms with E-state index < -0.39 is 0 Å². The third-order valence-electron chi connectivity index (χ3n) is 2.02. The summed E-state index contributed by atoms with van der Waals surface area (Å²) in [5.74, 6) is 0.720. The number of rotatable bonds is 8. The number of hydrogen-bond acceptors (Lipinski definition) is 2. The highest BCUT2D eigenvalue weighted by Crippen LogP contribution is 1.99. The monoisotopic (exact) mass is 227 g/mol. The summed E-state index contributed by atoms with van der Waals surface area (Å²) in [6.07, 6.45) is 1.01. The van der Waals surface area contributed by atoms with Crippen LogP contribution in [0.1, 0.15) is 12.0 Å². The smallest absolute Gasteiger partial charge is 0.0717 e. The lowest BCUT2D eigenvalue weighted by atomic mass is 10.2. The topological polar surface area (TPSA) is 21.3 Å². The Kier molecular flexibility index (Phi) is 7.26. The van der Waals surface area contributed by atoms with E-state index in [1.807, 2.05) is 18.2 Å². The molecular formula is C12H18ClNO. The fourth-order valence-electron chi connectivity index (χ4n) is 1.23. The number of nitrogens with one attached hydrogen (secondary N) is 1. The van der Waals surface area contributed by atoms with Gasteiger partial charge in [-0.25, -0.2) is 0 Å². The maximum Gasteiger partial charge on any atom is 0.0717 e. The van der Waals surface area contributed by atoms with E-state index >= 15 is 0 Å². The Bertz CT molecular complexity index is 241. The second-order valence-corrected chi connectivity index (χ2v) is 3.71. The zero-order chi connectivity index (χ0) is 10.8. The average Bonchev–Trinajstić information content (AvgIpc) is 2.29. The molecule has 15 heavy (non-hydrogen) atoms. The Balaban J connectivity index is 1.93. The summed E-state index contributed by atoms with van der Waals surface area (Å²) >= 11 is 5.55. The van der Waals surface area contributed by atoms with E-state index in [2.05, 4.69) is 17.4 Å². The Morgan fingerprint density at radius 2 is 1.93 bits per heavy atom. The number of ether oxygens (including phenoxy) is 1. The van der Waals surface area contributed by atoms with Crippen LogP contribution < -0.4 is 5.32 Å². The summed E-state index contributed by atoms with van der Waals surface area (Å²) in [5, 5.41) is 3.26. The van der Waals surface area contributed by atoms with Crippen LogP contribution in [0.4, 0.5) is 0 Å². The van der Waals surface area contributed by atoms with Crippen molar-refractivity contribution in [3.05, 3.63) is 35.9 Å². The third kappa shape index (κ3) is 6.50. The highest BCUT2D eigenvalue weighted by atomic mass is 35.5. The molecule has 0 aliphatic heterocycles. The van der Waals surface area contributed by atoms with Gasteiger partial charge in [-0.3, -0.25) is 0 Å². The number of hydrogen-bond donors (Lipinski definition) is 1. The van der Waals surface area contributed by atoms with Crippen LogP contribution in [0.25, 0.3) is 0 Å². The molecule has 1 rings (SSSR count). The van der Waals surface area contributed by atoms with E-state index in [1.54, 1.807) is 0 Å². The summed E-state index contributed by atoms with van der Waals surface area (Å²) < 4.78 is 5.50. The van der Waals surface area contributed by atoms with Crippen molar-refractivity contribution >= 4 is 11.6 Å². The number of benzene rings is 1. The second-order valence-electron chi connectivity index (χ2n) is 3.33. The quantitative estimate of drug-likeness (QED) is 0.544. The maximum absolute atomic E-state index is 5.55. The van der Waals surface area contributed by atoms with Crippen molar-refractivity contribution < 1.29 is 4.74 Å². The molecule has 1 N–H and O–H groups in total. The first-order chi connectivity index (χ1) is 7.43. The van der Waals surface area contributed by atoms with Crippen LogP contribution in [0.5, 0.6) is 0 Å². The molecule has 0 amide bonds. The van der Waals surface area contributed by atoms with Gasteiger partial charge in [0.05, 0.1) is 13.2 Å². The molecule has 0 aliphatic carbocycles. The minimum absolute atomic E-state index is 0.692. The fraction of sp³-hybridized carbons (Fsp3) is 0.500. The van der Waals surface area contributed by atoms with Crippen LogP contribution in [-0.4, -0.2) is 25.6 Å². The lowest BCUT2D eigenvalue weighted by Gasteiger charge is -2.05. The van der Waals surface area contributed by atoms with Gasteiger partial charge in [-0.2, -0.15) is 0 Å². The molecule has 1 aromatic carbocycles. The Hall–Kier alpha value is -0.570. The predicted molar refractivity (Wildman–Crippen MR) is 64.3 cm³/mol. The summed E-state index contributed by atoms with van der Waals surface area (Å²) in [6.45, 7) is 3.30. The minimum Gasteiger partial charge on any atom is -0.375 e. The van der Waals surface area contributed by atoms with Gasteiger partial charge in [-0.1, -0.05) is 30.3 Å². The standard InChI is InChI=1S/C12H18ClNO/c13-7-4-8-14-9-10-15-11-12-5-2-1-3-6-12/h1-3,5-6,14H,4,7-11H2. The van der Waals surface area contributed by atoms with E-state index in [4.69, 9.17) is 16.3 Å². The van der Waals surface area contributed by atoms with E-state index in [9.17, 15) is 0 Å². The molecule has 0 unspecified atom stereocenters. The summed E-state index contributed by atoms with van der Waals surface area (Å²) in [5.41, 5.74) is 1.22. The highest BCUT2D eigenvalue weighted by Gasteiger charge is 1.91. The van der Waals surface area contributed by atoms with Gasteiger partial charge in [-0.15, -0.1) is 11.6 Å². The molecule has 0 aromatic heterocycles. The first kappa shape index (κ1) is 12.5. The van der Waals surface area contributed by atoms with Crippen molar-refractivity contribution in [2.75, 3.05) is 25.6 Å². The van der Waals surface area contributed by atoms with Crippen molar-refractivity contribution in [3.8, 4) is 0 Å². The molecule has 0 heterocycles. The van der Waals surface area contributed by atoms with Gasteiger partial charge in [0, 0.05) is 12.4 Å². The van der Waals surface area contributed by atoms with Crippen molar-refractivity contribution in [2.45, 2.75) is 13.0 Å². The first-order valence-corrected chi connectivity index (χ1v) is 5.85. The fourth-order valence-corrected chi connectivity index (χ4v) is 1.36. The Morgan fingerprint density at radius 3 is 2.67 bits per heavy atom. The third-order valence-corrected chi connectivity index (χ3v) is 2.29. The molecule has 0 aliphatic rings. The lowest BCUT2D eigenvalue weighted by Crippen LogP contribution is -2.21. The normalized spacial score (nSPS) is 10.5. The first-order valence-electron chi connectivity index (χ1n) is 5.32. The molecule has 2 nitrogen and oxygen atoms in total. The Labute approximate surface area is 96.6 Å². The molecule has 0 bridgehead atoms. The summed E-state index contributed by atoms with van der Waals surface area (Å²) in [4.78, 5) is 0. The van der Waals surface area contributed by atoms with Crippen molar-refractivity contribution in [1.82, 2.24) is 5.32 Å². The summed E-state index contributed by atoms with van der Waals surface area (Å²) in [7, 11) is 0. The second kappa shape index (κ2) is 8.72. The molecule has 0 radical (unpaired) electrons. The van der Waals surface area contributed by atoms with Gasteiger partial charge in [0.25, 0.3) is 0 Å². The van der Waals surface area contributed by atoms with Crippen molar-refractivity contribution in [1.29, 1.82) is 0 Å². The number of halogens is 1. The number of alkyl halides is 1. The van der Waals surface area contributed by atoms with Crippen LogP contribution in [0.3, 0.4) is 0 Å². The van der Waals surface area contributed by atoms with Gasteiger partial charge in [0.2, 0.25) is 0 Å². The molecular weight excluding hydrogens is 210 g/mol. The maximum atomic E-state index is 5.55. The Morgan fingerprint density at radius 1 is 1.13 bits per heavy atom. The van der Waals surface area contributed by atoms with Gasteiger partial charge >= 0.3 is 0 Å². The minimum atomic E-state index is 0.692. The van der Waals surface area contributed by atoms with Gasteiger partial charge < -0.3 is 10.1 Å². The average molecular weight is 228 g/mol. The van der Waals surface area contributed by atoms with E-state index in [1.165, 1.54) is 5.56 Å². The largest absolute Gasteiger partial charge is 0.375 e. The molecule has 3 heteroatoms. The van der Waals surface area contributed by atoms with E-state index in [-0.39, 0.29) is 0 Å². The van der Waals surface area contributed by atoms with Crippen LogP contribution >= 0.6 is 11.6 Å². The predicted octanol–water partition coefficient (Wildman–Crippen LogP) is 2.42. The molecule has 0 saturated carbocycles. The van der Waals surface area contributed by atoms with Crippen LogP contribution in [0, 0.1) is 0 Å². The van der Waals surface area contributed by atoms with Gasteiger partial charge in [0.1, 0.15) is 0 Å². The van der Waals surface area contributed by atoms with Crippen molar-refractivity contribution in [2.24, 2.45) is 0 Å². The zero-order valence-electron chi connectivity index (χ0n) is 8.92. The van der Waals surface area contributed by atoms with E-state index in [0.29, 0.717) is 6.61 Å². The highest BCUT2D eigenvalue weighted by molar-refractivity contribution is 6.17. The molecule has 1 aromatic rings. The SMILES string of the molecule is ClCCCNCCOCc1ccccc1. The summed E-state index contributed by atoms with van der Waals surface area (Å²) in [6, 6.07) is 10.2. The van der Waals surface area contributed by atoms with Crippen LogP contribution in [-0.2, 0) is 11.3 Å². The molecule has 84 valence electrons. The van der Waals surface area contributed by atoms with Crippen molar-refractivity contribution in [3.63, 3.8) is 0 Å².